The lowest BCUT2D eigenvalue weighted by Gasteiger charge is -2.11. The molecule has 0 aliphatic heterocycles. The van der Waals surface area contributed by atoms with Crippen molar-refractivity contribution in [3.05, 3.63) is 53.1 Å². The molecule has 1 heterocycles. The molecule has 140 valence electrons. The first-order valence-corrected chi connectivity index (χ1v) is 8.41. The second-order valence-electron chi connectivity index (χ2n) is 5.74. The molecule has 0 saturated heterocycles. The number of carbonyl (C=O) groups is 2. The van der Waals surface area contributed by atoms with Gasteiger partial charge >= 0.3 is 5.97 Å². The van der Waals surface area contributed by atoms with Crippen molar-refractivity contribution >= 4 is 11.9 Å². The minimum atomic E-state index is -0.389. The number of nitrogens with one attached hydrogen (secondary N) is 1. The molecule has 0 radical (unpaired) electrons. The predicted molar refractivity (Wildman–Crippen MR) is 94.8 cm³/mol. The standard InChI is InChI=1S/C19H23FN2O4/c1-4-25-19(24)17-11-13(2)22(14(17)3)12-18(23)21-9-10-26-16-7-5-15(20)6-8-16/h5-8,11H,4,9-10,12H2,1-3H3,(H,21,23). The van der Waals surface area contributed by atoms with Gasteiger partial charge in [0.1, 0.15) is 24.7 Å². The zero-order chi connectivity index (χ0) is 19.1. The summed E-state index contributed by atoms with van der Waals surface area (Å²) in [7, 11) is 0. The predicted octanol–water partition coefficient (Wildman–Crippen LogP) is 2.62. The molecule has 0 bridgehead atoms. The Morgan fingerprint density at radius 1 is 1.19 bits per heavy atom. The van der Waals surface area contributed by atoms with Crippen LogP contribution in [0.1, 0.15) is 28.7 Å². The molecule has 1 amide bonds. The van der Waals surface area contributed by atoms with Crippen molar-refractivity contribution in [1.82, 2.24) is 9.88 Å². The van der Waals surface area contributed by atoms with Crippen LogP contribution < -0.4 is 10.1 Å². The van der Waals surface area contributed by atoms with Crippen molar-refractivity contribution < 1.29 is 23.5 Å². The summed E-state index contributed by atoms with van der Waals surface area (Å²) in [5.74, 6) is -0.369. The number of aryl methyl sites for hydroxylation is 1. The zero-order valence-electron chi connectivity index (χ0n) is 15.2. The fourth-order valence-corrected chi connectivity index (χ4v) is 2.55. The van der Waals surface area contributed by atoms with Gasteiger partial charge in [0.05, 0.1) is 18.7 Å². The highest BCUT2D eigenvalue weighted by Gasteiger charge is 2.17. The molecular weight excluding hydrogens is 339 g/mol. The third-order valence-electron chi connectivity index (χ3n) is 3.88. The van der Waals surface area contributed by atoms with Crippen LogP contribution in [0.25, 0.3) is 0 Å². The summed E-state index contributed by atoms with van der Waals surface area (Å²) in [4.78, 5) is 24.0. The molecule has 1 aromatic heterocycles. The fourth-order valence-electron chi connectivity index (χ4n) is 2.55. The summed E-state index contributed by atoms with van der Waals surface area (Å²) in [6.45, 7) is 6.36. The van der Waals surface area contributed by atoms with E-state index in [1.165, 1.54) is 24.3 Å². The Kier molecular flexibility index (Phi) is 6.77. The Morgan fingerprint density at radius 2 is 1.88 bits per heavy atom. The molecule has 0 spiro atoms. The van der Waals surface area contributed by atoms with E-state index in [9.17, 15) is 14.0 Å². The number of hydrogen-bond acceptors (Lipinski definition) is 4. The van der Waals surface area contributed by atoms with Gasteiger partial charge in [0.2, 0.25) is 5.91 Å². The Labute approximate surface area is 151 Å². The summed E-state index contributed by atoms with van der Waals surface area (Å²) in [5, 5.41) is 2.76. The van der Waals surface area contributed by atoms with Gasteiger partial charge in [-0.05, 0) is 51.1 Å². The highest BCUT2D eigenvalue weighted by Crippen LogP contribution is 2.16. The normalized spacial score (nSPS) is 10.5. The Hall–Kier alpha value is -2.83. The number of carbonyl (C=O) groups excluding carboxylic acids is 2. The average molecular weight is 362 g/mol. The maximum Gasteiger partial charge on any atom is 0.339 e. The molecule has 0 fully saturated rings. The molecule has 1 N–H and O–H groups in total. The van der Waals surface area contributed by atoms with Crippen LogP contribution >= 0.6 is 0 Å². The maximum absolute atomic E-state index is 12.8. The van der Waals surface area contributed by atoms with E-state index in [0.717, 1.165) is 5.69 Å². The molecule has 26 heavy (non-hydrogen) atoms. The van der Waals surface area contributed by atoms with Crippen molar-refractivity contribution in [2.45, 2.75) is 27.3 Å². The summed E-state index contributed by atoms with van der Waals surface area (Å²) in [6.07, 6.45) is 0. The van der Waals surface area contributed by atoms with E-state index < -0.39 is 0 Å². The molecule has 1 aromatic carbocycles. The van der Waals surface area contributed by atoms with Gasteiger partial charge in [0, 0.05) is 11.4 Å². The lowest BCUT2D eigenvalue weighted by atomic mass is 10.2. The van der Waals surface area contributed by atoms with Gasteiger partial charge in [-0.15, -0.1) is 0 Å². The number of rotatable bonds is 8. The Morgan fingerprint density at radius 3 is 2.54 bits per heavy atom. The first kappa shape index (κ1) is 19.5. The van der Waals surface area contributed by atoms with E-state index >= 15 is 0 Å². The monoisotopic (exact) mass is 362 g/mol. The molecule has 6 nitrogen and oxygen atoms in total. The summed E-state index contributed by atoms with van der Waals surface area (Å²) >= 11 is 0. The lowest BCUT2D eigenvalue weighted by Crippen LogP contribution is -2.31. The van der Waals surface area contributed by atoms with E-state index in [2.05, 4.69) is 5.32 Å². The van der Waals surface area contributed by atoms with Crippen molar-refractivity contribution in [3.63, 3.8) is 0 Å². The smallest absolute Gasteiger partial charge is 0.339 e. The fraction of sp³-hybridized carbons (Fsp3) is 0.368. The number of benzene rings is 1. The first-order valence-electron chi connectivity index (χ1n) is 8.41. The highest BCUT2D eigenvalue weighted by atomic mass is 19.1. The van der Waals surface area contributed by atoms with E-state index in [-0.39, 0.29) is 30.8 Å². The second kappa shape index (κ2) is 9.03. The number of amides is 1. The minimum Gasteiger partial charge on any atom is -0.492 e. The van der Waals surface area contributed by atoms with E-state index in [1.54, 1.807) is 24.5 Å². The van der Waals surface area contributed by atoms with E-state index in [1.807, 2.05) is 6.92 Å². The summed E-state index contributed by atoms with van der Waals surface area (Å²) in [5.41, 5.74) is 1.97. The van der Waals surface area contributed by atoms with Crippen LogP contribution in [0.3, 0.4) is 0 Å². The molecule has 0 atom stereocenters. The molecule has 0 unspecified atom stereocenters. The molecule has 0 aliphatic rings. The van der Waals surface area contributed by atoms with Crippen LogP contribution in [-0.4, -0.2) is 36.2 Å². The molecule has 2 aromatic rings. The van der Waals surface area contributed by atoms with Crippen molar-refractivity contribution in [2.24, 2.45) is 0 Å². The Balaban J connectivity index is 1.84. The lowest BCUT2D eigenvalue weighted by molar-refractivity contribution is -0.121. The van der Waals surface area contributed by atoms with Gasteiger partial charge in [-0.1, -0.05) is 0 Å². The maximum atomic E-state index is 12.8. The van der Waals surface area contributed by atoms with Gasteiger partial charge in [0.25, 0.3) is 0 Å². The van der Waals surface area contributed by atoms with Gasteiger partial charge in [-0.25, -0.2) is 9.18 Å². The Bertz CT molecular complexity index is 769. The van der Waals surface area contributed by atoms with Crippen molar-refractivity contribution in [2.75, 3.05) is 19.8 Å². The average Bonchev–Trinajstić information content (AvgIpc) is 2.89. The number of halogens is 1. The molecule has 2 rings (SSSR count). The van der Waals surface area contributed by atoms with Crippen molar-refractivity contribution in [3.8, 4) is 5.75 Å². The summed E-state index contributed by atoms with van der Waals surface area (Å²) < 4.78 is 25.0. The molecule has 7 heteroatoms. The number of aromatic nitrogens is 1. The molecule has 0 saturated carbocycles. The molecular formula is C19H23FN2O4. The third-order valence-corrected chi connectivity index (χ3v) is 3.88. The van der Waals surface area contributed by atoms with Crippen LogP contribution in [0, 0.1) is 19.7 Å². The van der Waals surface area contributed by atoms with E-state index in [0.29, 0.717) is 30.2 Å². The van der Waals surface area contributed by atoms with Crippen LogP contribution in [0.4, 0.5) is 4.39 Å². The second-order valence-corrected chi connectivity index (χ2v) is 5.74. The minimum absolute atomic E-state index is 0.105. The van der Waals surface area contributed by atoms with Crippen LogP contribution in [0.2, 0.25) is 0 Å². The first-order chi connectivity index (χ1) is 12.4. The number of esters is 1. The van der Waals surface area contributed by atoms with Crippen LogP contribution in [0.5, 0.6) is 5.75 Å². The number of hydrogen-bond donors (Lipinski definition) is 1. The van der Waals surface area contributed by atoms with Gasteiger partial charge < -0.3 is 19.4 Å². The quantitative estimate of drug-likeness (QED) is 0.579. The van der Waals surface area contributed by atoms with Gasteiger partial charge in [-0.2, -0.15) is 0 Å². The van der Waals surface area contributed by atoms with Crippen LogP contribution in [0.15, 0.2) is 30.3 Å². The number of nitrogens with zero attached hydrogens (tertiary/aromatic N) is 1. The van der Waals surface area contributed by atoms with Crippen LogP contribution in [-0.2, 0) is 16.1 Å². The number of ether oxygens (including phenoxy) is 2. The van der Waals surface area contributed by atoms with Gasteiger partial charge in [0.15, 0.2) is 0 Å². The third kappa shape index (κ3) is 5.08. The van der Waals surface area contributed by atoms with Gasteiger partial charge in [-0.3, -0.25) is 4.79 Å². The van der Waals surface area contributed by atoms with Crippen molar-refractivity contribution in [1.29, 1.82) is 0 Å². The largest absolute Gasteiger partial charge is 0.492 e. The summed E-state index contributed by atoms with van der Waals surface area (Å²) in [6, 6.07) is 7.40. The van der Waals surface area contributed by atoms with E-state index in [4.69, 9.17) is 9.47 Å². The topological polar surface area (TPSA) is 69.6 Å². The SMILES string of the molecule is CCOC(=O)c1cc(C)n(CC(=O)NCCOc2ccc(F)cc2)c1C. The highest BCUT2D eigenvalue weighted by molar-refractivity contribution is 5.91. The zero-order valence-corrected chi connectivity index (χ0v) is 15.2. The molecule has 0 aliphatic carbocycles.